The van der Waals surface area contributed by atoms with E-state index in [0.717, 1.165) is 12.8 Å². The Morgan fingerprint density at radius 2 is 1.11 bits per heavy atom. The van der Waals surface area contributed by atoms with E-state index in [1.165, 1.54) is 70.6 Å². The predicted molar refractivity (Wildman–Crippen MR) is 86.1 cm³/mol. The molecule has 0 aromatic carbocycles. The molecule has 0 saturated carbocycles. The molecule has 0 radical (unpaired) electrons. The van der Waals surface area contributed by atoms with Gasteiger partial charge in [0, 0.05) is 6.42 Å². The lowest BCUT2D eigenvalue weighted by atomic mass is 10.0. The Labute approximate surface area is 122 Å². The molecule has 0 aliphatic rings. The van der Waals surface area contributed by atoms with Crippen LogP contribution in [0.2, 0.25) is 0 Å². The first kappa shape index (κ1) is 18.9. The van der Waals surface area contributed by atoms with Crippen LogP contribution in [0, 0.1) is 0 Å². The molecule has 19 heavy (non-hydrogen) atoms. The molecule has 1 atom stereocenters. The van der Waals surface area contributed by atoms with Crippen LogP contribution >= 0.6 is 9.47 Å². The molecule has 0 aromatic rings. The van der Waals surface area contributed by atoms with Crippen LogP contribution < -0.4 is 0 Å². The SMILES string of the molecule is CCCCCCCCCCCCCCCC(=O)OP. The van der Waals surface area contributed by atoms with Crippen molar-refractivity contribution in [3.8, 4) is 0 Å². The van der Waals surface area contributed by atoms with Crippen molar-refractivity contribution in [3.05, 3.63) is 0 Å². The fourth-order valence-electron chi connectivity index (χ4n) is 2.35. The molecule has 0 saturated heterocycles. The normalized spacial score (nSPS) is 10.6. The summed E-state index contributed by atoms with van der Waals surface area (Å²) in [4.78, 5) is 10.9. The Morgan fingerprint density at radius 3 is 1.47 bits per heavy atom. The molecule has 0 spiro atoms. The Hall–Kier alpha value is -0.100. The third-order valence-corrected chi connectivity index (χ3v) is 3.88. The highest BCUT2D eigenvalue weighted by Crippen LogP contribution is 2.13. The minimum absolute atomic E-state index is 0.104. The highest BCUT2D eigenvalue weighted by molar-refractivity contribution is 7.10. The first-order valence-electron chi connectivity index (χ1n) is 8.20. The largest absolute Gasteiger partial charge is 0.452 e. The lowest BCUT2D eigenvalue weighted by Gasteiger charge is -2.02. The molecule has 0 heterocycles. The van der Waals surface area contributed by atoms with Gasteiger partial charge in [0.05, 0.1) is 9.47 Å². The maximum atomic E-state index is 10.9. The molecule has 1 unspecified atom stereocenters. The van der Waals surface area contributed by atoms with Gasteiger partial charge in [0.15, 0.2) is 0 Å². The highest BCUT2D eigenvalue weighted by Gasteiger charge is 1.99. The van der Waals surface area contributed by atoms with Crippen molar-refractivity contribution < 1.29 is 9.32 Å². The fraction of sp³-hybridized carbons (Fsp3) is 0.938. The van der Waals surface area contributed by atoms with Gasteiger partial charge in [0.1, 0.15) is 0 Å². The van der Waals surface area contributed by atoms with Crippen LogP contribution in [-0.4, -0.2) is 5.97 Å². The van der Waals surface area contributed by atoms with Crippen LogP contribution in [0.25, 0.3) is 0 Å². The number of carbonyl (C=O) groups excluding carboxylic acids is 1. The zero-order valence-corrected chi connectivity index (χ0v) is 13.9. The monoisotopic (exact) mass is 288 g/mol. The summed E-state index contributed by atoms with van der Waals surface area (Å²) < 4.78 is 4.53. The molecular formula is C16H33O2P. The third-order valence-electron chi connectivity index (χ3n) is 3.62. The number of unbranched alkanes of at least 4 members (excludes halogenated alkanes) is 12. The van der Waals surface area contributed by atoms with Gasteiger partial charge in [0.25, 0.3) is 0 Å². The van der Waals surface area contributed by atoms with Crippen molar-refractivity contribution in [2.24, 2.45) is 0 Å². The maximum Gasteiger partial charge on any atom is 0.307 e. The average molecular weight is 288 g/mol. The van der Waals surface area contributed by atoms with Crippen LogP contribution in [-0.2, 0) is 9.32 Å². The Kier molecular flexibility index (Phi) is 15.9. The molecule has 0 amide bonds. The summed E-state index contributed by atoms with van der Waals surface area (Å²) in [6, 6.07) is 0. The van der Waals surface area contributed by atoms with E-state index in [1.807, 2.05) is 9.47 Å². The first-order valence-corrected chi connectivity index (χ1v) is 8.68. The van der Waals surface area contributed by atoms with Crippen LogP contribution in [0.5, 0.6) is 0 Å². The van der Waals surface area contributed by atoms with Crippen molar-refractivity contribution in [2.45, 2.75) is 96.8 Å². The molecule has 0 aliphatic carbocycles. The van der Waals surface area contributed by atoms with Crippen molar-refractivity contribution >= 4 is 15.4 Å². The first-order chi connectivity index (χ1) is 9.31. The van der Waals surface area contributed by atoms with E-state index in [9.17, 15) is 4.79 Å². The molecule has 0 bridgehead atoms. The lowest BCUT2D eigenvalue weighted by molar-refractivity contribution is -0.133. The molecular weight excluding hydrogens is 255 g/mol. The zero-order chi connectivity index (χ0) is 14.2. The molecule has 2 nitrogen and oxygen atoms in total. The van der Waals surface area contributed by atoms with Crippen molar-refractivity contribution in [3.63, 3.8) is 0 Å². The maximum absolute atomic E-state index is 10.9. The summed E-state index contributed by atoms with van der Waals surface area (Å²) >= 11 is 0. The van der Waals surface area contributed by atoms with Crippen LogP contribution in [0.4, 0.5) is 0 Å². The van der Waals surface area contributed by atoms with Crippen molar-refractivity contribution in [1.29, 1.82) is 0 Å². The molecule has 0 aliphatic heterocycles. The minimum atomic E-state index is -0.104. The van der Waals surface area contributed by atoms with E-state index in [0.29, 0.717) is 6.42 Å². The van der Waals surface area contributed by atoms with Crippen LogP contribution in [0.1, 0.15) is 96.8 Å². The van der Waals surface area contributed by atoms with Gasteiger partial charge in [-0.1, -0.05) is 84.0 Å². The second-order valence-electron chi connectivity index (χ2n) is 5.48. The summed E-state index contributed by atoms with van der Waals surface area (Å²) in [7, 11) is 2.01. The predicted octanol–water partition coefficient (Wildman–Crippen LogP) is 5.80. The highest BCUT2D eigenvalue weighted by atomic mass is 31.0. The summed E-state index contributed by atoms with van der Waals surface area (Å²) in [5, 5.41) is 0. The van der Waals surface area contributed by atoms with Crippen LogP contribution in [0.3, 0.4) is 0 Å². The third kappa shape index (κ3) is 15.8. The summed E-state index contributed by atoms with van der Waals surface area (Å²) in [5.74, 6) is -0.104. The quantitative estimate of drug-likeness (QED) is 0.298. The topological polar surface area (TPSA) is 26.3 Å². The van der Waals surface area contributed by atoms with Crippen LogP contribution in [0.15, 0.2) is 0 Å². The standard InChI is InChI=1S/C16H33O2P/c1-2-3-4-5-6-7-8-9-10-11-12-13-14-15-16(17)18-19/h2-15,19H2,1H3. The molecule has 0 fully saturated rings. The van der Waals surface area contributed by atoms with Gasteiger partial charge < -0.3 is 4.52 Å². The van der Waals surface area contributed by atoms with Crippen molar-refractivity contribution in [2.75, 3.05) is 0 Å². The molecule has 0 rings (SSSR count). The lowest BCUT2D eigenvalue weighted by Crippen LogP contribution is -1.95. The summed E-state index contributed by atoms with van der Waals surface area (Å²) in [5.41, 5.74) is 0. The van der Waals surface area contributed by atoms with E-state index in [2.05, 4.69) is 11.4 Å². The van der Waals surface area contributed by atoms with E-state index in [4.69, 9.17) is 0 Å². The Bertz CT molecular complexity index is 195. The Balaban J connectivity index is 2.97. The fourth-order valence-corrected chi connectivity index (χ4v) is 2.46. The van der Waals surface area contributed by atoms with Gasteiger partial charge in [-0.25, -0.2) is 0 Å². The van der Waals surface area contributed by atoms with E-state index >= 15 is 0 Å². The zero-order valence-electron chi connectivity index (χ0n) is 12.8. The number of carbonyl (C=O) groups is 1. The smallest absolute Gasteiger partial charge is 0.307 e. The van der Waals surface area contributed by atoms with Gasteiger partial charge in [-0.05, 0) is 6.42 Å². The molecule has 0 aromatic heterocycles. The van der Waals surface area contributed by atoms with Gasteiger partial charge >= 0.3 is 5.97 Å². The minimum Gasteiger partial charge on any atom is -0.452 e. The van der Waals surface area contributed by atoms with Gasteiger partial charge in [-0.2, -0.15) is 0 Å². The summed E-state index contributed by atoms with van der Waals surface area (Å²) in [6.45, 7) is 2.27. The number of rotatable bonds is 14. The van der Waals surface area contributed by atoms with E-state index in [-0.39, 0.29) is 5.97 Å². The molecule has 114 valence electrons. The molecule has 0 N–H and O–H groups in total. The number of hydrogen-bond acceptors (Lipinski definition) is 2. The second-order valence-corrected chi connectivity index (χ2v) is 5.72. The van der Waals surface area contributed by atoms with Gasteiger partial charge in [0.2, 0.25) is 0 Å². The Morgan fingerprint density at radius 1 is 0.737 bits per heavy atom. The van der Waals surface area contributed by atoms with E-state index < -0.39 is 0 Å². The van der Waals surface area contributed by atoms with Gasteiger partial charge in [-0.3, -0.25) is 4.79 Å². The van der Waals surface area contributed by atoms with E-state index in [1.54, 1.807) is 0 Å². The molecule has 3 heteroatoms. The average Bonchev–Trinajstić information content (AvgIpc) is 2.43. The number of hydrogen-bond donors (Lipinski definition) is 0. The van der Waals surface area contributed by atoms with Gasteiger partial charge in [-0.15, -0.1) is 0 Å². The second kappa shape index (κ2) is 16.0. The van der Waals surface area contributed by atoms with Crippen molar-refractivity contribution in [1.82, 2.24) is 0 Å². The summed E-state index contributed by atoms with van der Waals surface area (Å²) in [6.07, 6.45) is 17.9.